The van der Waals surface area contributed by atoms with Crippen molar-refractivity contribution in [2.75, 3.05) is 42.7 Å². The molecule has 4 aromatic rings. The molecule has 0 aliphatic heterocycles. The van der Waals surface area contributed by atoms with E-state index < -0.39 is 11.6 Å². The third kappa shape index (κ3) is 7.01. The molecular formula is C34H34O8. The van der Waals surface area contributed by atoms with Crippen LogP contribution in [-0.2, 0) is 12.8 Å². The number of benzene rings is 4. The Hall–Kier alpha value is -4.98. The molecule has 0 atom stereocenters. The van der Waals surface area contributed by atoms with Gasteiger partial charge in [0.25, 0.3) is 0 Å². The highest BCUT2D eigenvalue weighted by Crippen LogP contribution is 2.32. The van der Waals surface area contributed by atoms with E-state index in [1.54, 1.807) is 39.5 Å². The van der Waals surface area contributed by atoms with Crippen LogP contribution in [-0.4, -0.2) is 54.2 Å². The van der Waals surface area contributed by atoms with Gasteiger partial charge in [0, 0.05) is 23.3 Å². The third-order valence-corrected chi connectivity index (χ3v) is 6.87. The number of methoxy groups -OCH3 is 6. The first-order chi connectivity index (χ1) is 20.3. The van der Waals surface area contributed by atoms with Gasteiger partial charge in [-0.1, -0.05) is 6.07 Å². The number of carbonyl (C=O) groups excluding carboxylic acids is 2. The van der Waals surface area contributed by atoms with Gasteiger partial charge < -0.3 is 28.4 Å². The summed E-state index contributed by atoms with van der Waals surface area (Å²) in [4.78, 5) is 26.7. The van der Waals surface area contributed by atoms with Crippen molar-refractivity contribution in [2.24, 2.45) is 0 Å². The van der Waals surface area contributed by atoms with E-state index >= 15 is 0 Å². The molecule has 8 heteroatoms. The highest BCUT2D eigenvalue weighted by molar-refractivity contribution is 6.49. The maximum absolute atomic E-state index is 13.4. The van der Waals surface area contributed by atoms with Gasteiger partial charge in [0.2, 0.25) is 11.6 Å². The number of ketones is 2. The van der Waals surface area contributed by atoms with Gasteiger partial charge in [-0.3, -0.25) is 9.59 Å². The molecule has 0 aromatic heterocycles. The Balaban J connectivity index is 1.67. The molecule has 0 radical (unpaired) electrons. The predicted molar refractivity (Wildman–Crippen MR) is 160 cm³/mol. The van der Waals surface area contributed by atoms with Crippen LogP contribution in [0, 0.1) is 0 Å². The van der Waals surface area contributed by atoms with Crippen molar-refractivity contribution < 1.29 is 38.0 Å². The van der Waals surface area contributed by atoms with Crippen LogP contribution in [0.15, 0.2) is 72.8 Å². The lowest BCUT2D eigenvalue weighted by Crippen LogP contribution is -2.15. The minimum Gasteiger partial charge on any atom is -0.497 e. The summed E-state index contributed by atoms with van der Waals surface area (Å²) in [5.41, 5.74) is 3.98. The molecule has 0 aliphatic rings. The molecule has 0 saturated heterocycles. The van der Waals surface area contributed by atoms with E-state index in [2.05, 4.69) is 0 Å². The maximum Gasteiger partial charge on any atom is 0.233 e. The summed E-state index contributed by atoms with van der Waals surface area (Å²) in [6.07, 6.45) is 1.45. The summed E-state index contributed by atoms with van der Waals surface area (Å²) in [5, 5.41) is 0. The van der Waals surface area contributed by atoms with Gasteiger partial charge in [-0.25, -0.2) is 0 Å². The second-order valence-corrected chi connectivity index (χ2v) is 9.50. The van der Waals surface area contributed by atoms with Gasteiger partial charge in [-0.15, -0.1) is 0 Å². The van der Waals surface area contributed by atoms with E-state index in [1.165, 1.54) is 33.5 Å². The van der Waals surface area contributed by atoms with E-state index in [9.17, 15) is 9.59 Å². The average Bonchev–Trinajstić information content (AvgIpc) is 3.05. The Kier molecular flexibility index (Phi) is 9.70. The molecular weight excluding hydrogens is 536 g/mol. The smallest absolute Gasteiger partial charge is 0.233 e. The summed E-state index contributed by atoms with van der Waals surface area (Å²) < 4.78 is 32.4. The molecule has 8 nitrogen and oxygen atoms in total. The van der Waals surface area contributed by atoms with Crippen molar-refractivity contribution in [1.29, 1.82) is 0 Å². The Morgan fingerprint density at radius 2 is 0.714 bits per heavy atom. The number of hydrogen-bond acceptors (Lipinski definition) is 8. The summed E-state index contributed by atoms with van der Waals surface area (Å²) in [7, 11) is 9.34. The largest absolute Gasteiger partial charge is 0.497 e. The lowest BCUT2D eigenvalue weighted by molar-refractivity contribution is 0.0816. The van der Waals surface area contributed by atoms with E-state index in [0.29, 0.717) is 35.0 Å². The molecule has 0 unspecified atom stereocenters. The van der Waals surface area contributed by atoms with Gasteiger partial charge in [-0.05, 0) is 89.7 Å². The lowest BCUT2D eigenvalue weighted by Gasteiger charge is -2.13. The van der Waals surface area contributed by atoms with E-state index in [-0.39, 0.29) is 11.1 Å². The second-order valence-electron chi connectivity index (χ2n) is 9.50. The topological polar surface area (TPSA) is 89.5 Å². The Bertz CT molecular complexity index is 1550. The van der Waals surface area contributed by atoms with Gasteiger partial charge in [-0.2, -0.15) is 0 Å². The molecule has 0 fully saturated rings. The number of aryl methyl sites for hydroxylation is 2. The number of carbonyl (C=O) groups is 2. The SMILES string of the molecule is COc1cc(CCc2cc(OC)cc(-c3cc(OC)cc(C(=O)C(=O)c4cc(OC)cc(OC)c4)c3)c2)cc(OC)c1. The van der Waals surface area contributed by atoms with Crippen LogP contribution in [0.5, 0.6) is 34.5 Å². The maximum atomic E-state index is 13.4. The molecule has 4 aromatic carbocycles. The molecule has 0 spiro atoms. The van der Waals surface area contributed by atoms with Crippen LogP contribution < -0.4 is 28.4 Å². The number of ether oxygens (including phenoxy) is 6. The molecule has 0 saturated carbocycles. The molecule has 4 rings (SSSR count). The number of rotatable bonds is 13. The van der Waals surface area contributed by atoms with Gasteiger partial charge in [0.1, 0.15) is 34.5 Å². The summed E-state index contributed by atoms with van der Waals surface area (Å²) >= 11 is 0. The number of Topliss-reactive ketones (excluding diaryl/α,β-unsaturated/α-hetero) is 2. The first-order valence-corrected chi connectivity index (χ1v) is 13.2. The normalized spacial score (nSPS) is 10.5. The van der Waals surface area contributed by atoms with Crippen LogP contribution in [0.25, 0.3) is 11.1 Å². The fraction of sp³-hybridized carbons (Fsp3) is 0.235. The van der Waals surface area contributed by atoms with Crippen molar-refractivity contribution in [3.8, 4) is 45.6 Å². The summed E-state index contributed by atoms with van der Waals surface area (Å²) in [5.74, 6) is 2.02. The number of hydrogen-bond donors (Lipinski definition) is 0. The van der Waals surface area contributed by atoms with Gasteiger partial charge in [0.15, 0.2) is 0 Å². The molecule has 0 bridgehead atoms. The van der Waals surface area contributed by atoms with Crippen molar-refractivity contribution in [1.82, 2.24) is 0 Å². The van der Waals surface area contributed by atoms with Crippen molar-refractivity contribution in [2.45, 2.75) is 12.8 Å². The van der Waals surface area contributed by atoms with Crippen molar-refractivity contribution in [3.63, 3.8) is 0 Å². The molecule has 218 valence electrons. The lowest BCUT2D eigenvalue weighted by atomic mass is 9.94. The molecule has 42 heavy (non-hydrogen) atoms. The summed E-state index contributed by atoms with van der Waals surface area (Å²) in [6, 6.07) is 21.4. The first kappa shape index (κ1) is 30.0. The molecule has 0 amide bonds. The van der Waals surface area contributed by atoms with E-state index in [0.717, 1.165) is 34.6 Å². The molecule has 0 heterocycles. The zero-order chi connectivity index (χ0) is 30.2. The van der Waals surface area contributed by atoms with E-state index in [1.807, 2.05) is 42.5 Å². The van der Waals surface area contributed by atoms with Crippen LogP contribution in [0.2, 0.25) is 0 Å². The van der Waals surface area contributed by atoms with E-state index in [4.69, 9.17) is 28.4 Å². The van der Waals surface area contributed by atoms with Crippen LogP contribution >= 0.6 is 0 Å². The van der Waals surface area contributed by atoms with Crippen LogP contribution in [0.4, 0.5) is 0 Å². The fourth-order valence-corrected chi connectivity index (χ4v) is 4.60. The zero-order valence-electron chi connectivity index (χ0n) is 24.6. The Morgan fingerprint density at radius 3 is 1.14 bits per heavy atom. The highest BCUT2D eigenvalue weighted by Gasteiger charge is 2.22. The Labute approximate surface area is 245 Å². The highest BCUT2D eigenvalue weighted by atomic mass is 16.5. The van der Waals surface area contributed by atoms with Crippen LogP contribution in [0.3, 0.4) is 0 Å². The summed E-state index contributed by atoms with van der Waals surface area (Å²) in [6.45, 7) is 0. The average molecular weight is 571 g/mol. The standard InChI is InChI=1S/C34H34O8/c1-37-27-10-21(7-8-22-11-28(38-2)19-29(12-22)39-3)9-23(14-27)24-13-25(16-30(15-24)40-4)33(35)34(36)26-17-31(41-5)20-32(18-26)42-6/h9-20H,7-8H2,1-6H3. The molecule has 0 N–H and O–H groups in total. The predicted octanol–water partition coefficient (Wildman–Crippen LogP) is 6.26. The minimum atomic E-state index is -0.688. The quantitative estimate of drug-likeness (QED) is 0.138. The zero-order valence-corrected chi connectivity index (χ0v) is 24.6. The monoisotopic (exact) mass is 570 g/mol. The van der Waals surface area contributed by atoms with Gasteiger partial charge >= 0.3 is 0 Å². The van der Waals surface area contributed by atoms with Gasteiger partial charge in [0.05, 0.1) is 42.7 Å². The minimum absolute atomic E-state index is 0.165. The second kappa shape index (κ2) is 13.6. The Morgan fingerprint density at radius 1 is 0.405 bits per heavy atom. The van der Waals surface area contributed by atoms with Crippen molar-refractivity contribution in [3.05, 3.63) is 95.1 Å². The third-order valence-electron chi connectivity index (χ3n) is 6.87. The van der Waals surface area contributed by atoms with Crippen LogP contribution in [0.1, 0.15) is 31.8 Å². The molecule has 0 aliphatic carbocycles. The fourth-order valence-electron chi connectivity index (χ4n) is 4.60. The first-order valence-electron chi connectivity index (χ1n) is 13.2. The van der Waals surface area contributed by atoms with Crippen molar-refractivity contribution >= 4 is 11.6 Å².